The Hall–Kier alpha value is -3.72. The standard InChI is InChI=1S/C31H29Cl2NO6S/c1-31(2,3)20-11-8-18(9-12-20)7-10-19-17-23(28(36)29(37)27(19)35)30(38)34-24-5-4-6-25(26(24)33)41(39,40)22-15-13-21(32)14-16-22/h4-6,8-9,11-17,35-37H,7,10H2,1-3H3,(H,34,38). The van der Waals surface area contributed by atoms with E-state index in [0.29, 0.717) is 11.4 Å². The first-order chi connectivity index (χ1) is 19.2. The lowest BCUT2D eigenvalue weighted by atomic mass is 9.86. The first-order valence-corrected chi connectivity index (χ1v) is 14.9. The zero-order valence-corrected chi connectivity index (χ0v) is 24.9. The molecule has 4 aromatic carbocycles. The van der Waals surface area contributed by atoms with Crippen LogP contribution in [-0.4, -0.2) is 29.6 Å². The van der Waals surface area contributed by atoms with Crippen LogP contribution in [0.5, 0.6) is 17.2 Å². The van der Waals surface area contributed by atoms with E-state index in [9.17, 15) is 28.5 Å². The minimum atomic E-state index is -4.05. The topological polar surface area (TPSA) is 124 Å². The molecule has 4 N–H and O–H groups in total. The molecule has 10 heteroatoms. The second kappa shape index (κ2) is 11.6. The maximum atomic E-state index is 13.2. The number of benzene rings is 4. The van der Waals surface area contributed by atoms with Gasteiger partial charge >= 0.3 is 0 Å². The summed E-state index contributed by atoms with van der Waals surface area (Å²) < 4.78 is 26.3. The molecule has 0 bridgehead atoms. The summed E-state index contributed by atoms with van der Waals surface area (Å²) in [6.45, 7) is 6.36. The second-order valence-corrected chi connectivity index (χ2v) is 13.3. The molecule has 0 aliphatic rings. The summed E-state index contributed by atoms with van der Waals surface area (Å²) in [6.07, 6.45) is 0.768. The van der Waals surface area contributed by atoms with Crippen LogP contribution in [0.4, 0.5) is 5.69 Å². The fraction of sp³-hybridized carbons (Fsp3) is 0.194. The van der Waals surface area contributed by atoms with Gasteiger partial charge in [0.05, 0.1) is 26.1 Å². The number of phenolic OH excluding ortho intramolecular Hbond substituents is 3. The number of hydrogen-bond acceptors (Lipinski definition) is 6. The lowest BCUT2D eigenvalue weighted by Crippen LogP contribution is -2.14. The van der Waals surface area contributed by atoms with Gasteiger partial charge in [-0.15, -0.1) is 0 Å². The Labute approximate surface area is 248 Å². The number of sulfone groups is 1. The number of rotatable bonds is 7. The van der Waals surface area contributed by atoms with Gasteiger partial charge < -0.3 is 20.6 Å². The summed E-state index contributed by atoms with van der Waals surface area (Å²) in [7, 11) is -4.05. The molecular weight excluding hydrogens is 585 g/mol. The minimum Gasteiger partial charge on any atom is -0.504 e. The van der Waals surface area contributed by atoms with Crippen LogP contribution in [-0.2, 0) is 28.1 Å². The summed E-state index contributed by atoms with van der Waals surface area (Å²) in [5.74, 6) is -3.05. The van der Waals surface area contributed by atoms with Crippen molar-refractivity contribution in [1.29, 1.82) is 0 Å². The molecule has 0 heterocycles. The molecule has 0 unspecified atom stereocenters. The Morgan fingerprint density at radius 2 is 1.46 bits per heavy atom. The van der Waals surface area contributed by atoms with Gasteiger partial charge in [0, 0.05) is 5.02 Å². The molecule has 0 aromatic heterocycles. The van der Waals surface area contributed by atoms with Crippen LogP contribution in [0, 0.1) is 0 Å². The number of aryl methyl sites for hydroxylation is 2. The number of carbonyl (C=O) groups is 1. The monoisotopic (exact) mass is 613 g/mol. The zero-order valence-electron chi connectivity index (χ0n) is 22.6. The van der Waals surface area contributed by atoms with Gasteiger partial charge in [0.15, 0.2) is 11.5 Å². The Morgan fingerprint density at radius 3 is 2.07 bits per heavy atom. The van der Waals surface area contributed by atoms with E-state index in [1.807, 2.05) is 24.3 Å². The molecule has 0 aliphatic carbocycles. The van der Waals surface area contributed by atoms with E-state index in [0.717, 1.165) is 5.56 Å². The molecule has 0 saturated heterocycles. The predicted molar refractivity (Wildman–Crippen MR) is 160 cm³/mol. The highest BCUT2D eigenvalue weighted by molar-refractivity contribution is 7.91. The van der Waals surface area contributed by atoms with E-state index in [1.165, 1.54) is 54.1 Å². The third-order valence-electron chi connectivity index (χ3n) is 6.70. The molecule has 214 valence electrons. The molecular formula is C31H29Cl2NO6S. The number of aromatic hydroxyl groups is 3. The van der Waals surface area contributed by atoms with Crippen LogP contribution in [0.1, 0.15) is 47.8 Å². The Bertz CT molecular complexity index is 1710. The van der Waals surface area contributed by atoms with Crippen molar-refractivity contribution in [3.63, 3.8) is 0 Å². The smallest absolute Gasteiger partial charge is 0.259 e. The molecule has 41 heavy (non-hydrogen) atoms. The van der Waals surface area contributed by atoms with Crippen molar-refractivity contribution >= 4 is 44.6 Å². The maximum absolute atomic E-state index is 13.2. The van der Waals surface area contributed by atoms with E-state index < -0.39 is 33.0 Å². The van der Waals surface area contributed by atoms with Gasteiger partial charge in [-0.3, -0.25) is 4.79 Å². The number of carbonyl (C=O) groups excluding carboxylic acids is 1. The van der Waals surface area contributed by atoms with Crippen molar-refractivity contribution in [2.24, 2.45) is 0 Å². The quantitative estimate of drug-likeness (QED) is 0.162. The predicted octanol–water partition coefficient (Wildman–Crippen LogP) is 7.28. The minimum absolute atomic E-state index is 0.00422. The van der Waals surface area contributed by atoms with E-state index in [1.54, 1.807) is 0 Å². The highest BCUT2D eigenvalue weighted by Crippen LogP contribution is 2.42. The SMILES string of the molecule is CC(C)(C)c1ccc(CCc2cc(C(=O)Nc3cccc(S(=O)(=O)c4ccc(Cl)cc4)c3Cl)c(O)c(O)c2O)cc1. The van der Waals surface area contributed by atoms with E-state index in [2.05, 4.69) is 26.1 Å². The van der Waals surface area contributed by atoms with Gasteiger partial charge in [-0.1, -0.05) is 74.3 Å². The number of nitrogens with one attached hydrogen (secondary N) is 1. The molecule has 0 aliphatic heterocycles. The van der Waals surface area contributed by atoms with Gasteiger partial charge in [-0.05, 0) is 77.4 Å². The molecule has 0 radical (unpaired) electrons. The lowest BCUT2D eigenvalue weighted by molar-refractivity contribution is 0.102. The van der Waals surface area contributed by atoms with Gasteiger partial charge in [0.25, 0.3) is 5.91 Å². The van der Waals surface area contributed by atoms with Gasteiger partial charge in [0.2, 0.25) is 15.6 Å². The molecule has 0 atom stereocenters. The van der Waals surface area contributed by atoms with E-state index in [4.69, 9.17) is 23.2 Å². The average molecular weight is 615 g/mol. The first kappa shape index (κ1) is 30.2. The van der Waals surface area contributed by atoms with Crippen molar-refractivity contribution in [1.82, 2.24) is 0 Å². The van der Waals surface area contributed by atoms with Crippen molar-refractivity contribution in [3.05, 3.63) is 105 Å². The van der Waals surface area contributed by atoms with Crippen LogP contribution < -0.4 is 5.32 Å². The molecule has 1 amide bonds. The van der Waals surface area contributed by atoms with Gasteiger partial charge in [0.1, 0.15) is 0 Å². The van der Waals surface area contributed by atoms with Crippen molar-refractivity contribution < 1.29 is 28.5 Å². The maximum Gasteiger partial charge on any atom is 0.259 e. The lowest BCUT2D eigenvalue weighted by Gasteiger charge is -2.19. The van der Waals surface area contributed by atoms with Crippen molar-refractivity contribution in [2.45, 2.75) is 48.8 Å². The van der Waals surface area contributed by atoms with E-state index in [-0.39, 0.29) is 43.5 Å². The summed E-state index contributed by atoms with van der Waals surface area (Å²) in [5, 5.41) is 33.9. The fourth-order valence-electron chi connectivity index (χ4n) is 4.26. The highest BCUT2D eigenvalue weighted by atomic mass is 35.5. The second-order valence-electron chi connectivity index (χ2n) is 10.6. The van der Waals surface area contributed by atoms with Crippen LogP contribution in [0.2, 0.25) is 10.0 Å². The zero-order chi connectivity index (χ0) is 30.1. The average Bonchev–Trinajstić information content (AvgIpc) is 2.92. The summed E-state index contributed by atoms with van der Waals surface area (Å²) in [4.78, 5) is 12.9. The van der Waals surface area contributed by atoms with Gasteiger partial charge in [-0.25, -0.2) is 8.42 Å². The van der Waals surface area contributed by atoms with Gasteiger partial charge in [-0.2, -0.15) is 0 Å². The third kappa shape index (κ3) is 6.45. The van der Waals surface area contributed by atoms with E-state index >= 15 is 0 Å². The normalized spacial score (nSPS) is 11.8. The number of hydrogen-bond donors (Lipinski definition) is 4. The summed E-state index contributed by atoms with van der Waals surface area (Å²) in [6, 6.07) is 19.0. The van der Waals surface area contributed by atoms with Crippen molar-refractivity contribution in [3.8, 4) is 17.2 Å². The Balaban J connectivity index is 1.59. The molecule has 0 saturated carbocycles. The largest absolute Gasteiger partial charge is 0.504 e. The summed E-state index contributed by atoms with van der Waals surface area (Å²) >= 11 is 12.3. The number of phenols is 3. The number of halogens is 2. The number of anilines is 1. The number of amides is 1. The van der Waals surface area contributed by atoms with Crippen LogP contribution in [0.25, 0.3) is 0 Å². The highest BCUT2D eigenvalue weighted by Gasteiger charge is 2.25. The molecule has 0 fully saturated rings. The third-order valence-corrected chi connectivity index (χ3v) is 9.28. The molecule has 0 spiro atoms. The van der Waals surface area contributed by atoms with Crippen molar-refractivity contribution in [2.75, 3.05) is 5.32 Å². The summed E-state index contributed by atoms with van der Waals surface area (Å²) in [5.41, 5.74) is 2.06. The first-order valence-electron chi connectivity index (χ1n) is 12.7. The molecule has 4 aromatic rings. The molecule has 4 rings (SSSR count). The van der Waals surface area contributed by atoms with Crippen LogP contribution in [0.15, 0.2) is 82.6 Å². The Morgan fingerprint density at radius 1 is 0.829 bits per heavy atom. The Kier molecular flexibility index (Phi) is 8.59. The molecule has 7 nitrogen and oxygen atoms in total. The fourth-order valence-corrected chi connectivity index (χ4v) is 6.22. The van der Waals surface area contributed by atoms with Crippen LogP contribution in [0.3, 0.4) is 0 Å². The van der Waals surface area contributed by atoms with Crippen LogP contribution >= 0.6 is 23.2 Å².